The zero-order valence-electron chi connectivity index (χ0n) is 31.0. The van der Waals surface area contributed by atoms with Crippen molar-refractivity contribution in [1.29, 1.82) is 5.41 Å². The molecular formula is C34H34N10O12S3. The highest BCUT2D eigenvalue weighted by atomic mass is 32.2. The molecule has 0 amide bonds. The average molecular weight is 871 g/mol. The third kappa shape index (κ3) is 9.62. The highest BCUT2D eigenvalue weighted by Gasteiger charge is 2.28. The first-order chi connectivity index (χ1) is 27.6. The molecule has 0 bridgehead atoms. The van der Waals surface area contributed by atoms with E-state index in [0.29, 0.717) is 11.8 Å². The Morgan fingerprint density at radius 2 is 1.29 bits per heavy atom. The highest BCUT2D eigenvalue weighted by Crippen LogP contribution is 2.50. The van der Waals surface area contributed by atoms with E-state index >= 15 is 0 Å². The molecule has 4 aromatic rings. The van der Waals surface area contributed by atoms with E-state index in [0.717, 1.165) is 29.7 Å². The van der Waals surface area contributed by atoms with Crippen molar-refractivity contribution in [3.8, 4) is 5.75 Å². The van der Waals surface area contributed by atoms with Crippen molar-refractivity contribution < 1.29 is 54.4 Å². The fourth-order valence-electron chi connectivity index (χ4n) is 5.17. The number of aliphatic hydroxyl groups is 1. The Bertz CT molecular complexity index is 2840. The van der Waals surface area contributed by atoms with Crippen molar-refractivity contribution in [2.75, 3.05) is 24.1 Å². The van der Waals surface area contributed by atoms with E-state index in [9.17, 15) is 44.8 Å². The summed E-state index contributed by atoms with van der Waals surface area (Å²) < 4.78 is 90.1. The number of aliphatic hydroxyl groups excluding tert-OH is 1. The molecule has 0 aromatic heterocycles. The van der Waals surface area contributed by atoms with E-state index in [2.05, 4.69) is 54.2 Å². The second kappa shape index (κ2) is 17.7. The number of carboxylic acid groups (broad SMARTS) is 1. The van der Waals surface area contributed by atoms with Crippen LogP contribution < -0.4 is 21.7 Å². The van der Waals surface area contributed by atoms with Gasteiger partial charge in [-0.05, 0) is 61.4 Å². The smallest absolute Gasteiger partial charge is 0.340 e. The van der Waals surface area contributed by atoms with Gasteiger partial charge < -0.3 is 31.3 Å². The van der Waals surface area contributed by atoms with Crippen LogP contribution in [0.25, 0.3) is 0 Å². The van der Waals surface area contributed by atoms with Gasteiger partial charge in [-0.2, -0.15) is 13.5 Å². The van der Waals surface area contributed by atoms with Crippen LogP contribution in [-0.2, 0) is 41.2 Å². The van der Waals surface area contributed by atoms with Gasteiger partial charge in [0.1, 0.15) is 44.6 Å². The summed E-state index contributed by atoms with van der Waals surface area (Å²) in [4.78, 5) is 16.3. The lowest BCUT2D eigenvalue weighted by atomic mass is 10.1. The average Bonchev–Trinajstić information content (AvgIpc) is 3.18. The summed E-state index contributed by atoms with van der Waals surface area (Å²) in [6.45, 7) is 8.75. The summed E-state index contributed by atoms with van der Waals surface area (Å²) in [5, 5.41) is 53.0. The van der Waals surface area contributed by atoms with Gasteiger partial charge in [0.15, 0.2) is 19.7 Å². The normalized spacial score (nSPS) is 12.2. The number of rotatable bonds is 17. The van der Waals surface area contributed by atoms with Gasteiger partial charge in [0.05, 0.1) is 46.3 Å². The van der Waals surface area contributed by atoms with E-state index in [1.54, 1.807) is 0 Å². The molecule has 0 unspecified atom stereocenters. The van der Waals surface area contributed by atoms with E-state index in [-0.39, 0.29) is 49.3 Å². The van der Waals surface area contributed by atoms with E-state index in [1.807, 2.05) is 0 Å². The van der Waals surface area contributed by atoms with E-state index in [1.165, 1.54) is 39.2 Å². The number of hydrogen-bond acceptors (Lipinski definition) is 20. The molecule has 0 spiro atoms. The number of nitrogens with two attached hydrogens (primary N) is 2. The summed E-state index contributed by atoms with van der Waals surface area (Å²) >= 11 is 0. The first kappa shape index (κ1) is 44.8. The van der Waals surface area contributed by atoms with Crippen LogP contribution in [-0.4, -0.2) is 59.5 Å². The maximum atomic E-state index is 12.9. The van der Waals surface area contributed by atoms with Gasteiger partial charge in [0.25, 0.3) is 10.1 Å². The topological polar surface area (TPSA) is 361 Å². The summed E-state index contributed by atoms with van der Waals surface area (Å²) in [6, 6.07) is 7.95. The molecule has 25 heteroatoms. The van der Waals surface area contributed by atoms with Crippen molar-refractivity contribution in [3.63, 3.8) is 0 Å². The van der Waals surface area contributed by atoms with Crippen LogP contribution in [0.15, 0.2) is 112 Å². The van der Waals surface area contributed by atoms with Gasteiger partial charge in [-0.15, -0.1) is 25.6 Å². The number of nitrogens with zero attached hydrogens (tertiary/aromatic N) is 6. The van der Waals surface area contributed by atoms with E-state index in [4.69, 9.17) is 21.6 Å². The number of hydrogen-bond donors (Lipinski definition) is 7. The first-order valence-corrected chi connectivity index (χ1v) is 20.6. The number of azo groups is 3. The number of aryl methyl sites for hydroxylation is 2. The predicted octanol–water partition coefficient (Wildman–Crippen LogP) is 6.94. The Hall–Kier alpha value is -6.93. The van der Waals surface area contributed by atoms with Gasteiger partial charge in [0.2, 0.25) is 6.40 Å². The molecule has 9 N–H and O–H groups in total. The number of nitrogen functional groups attached to an aromatic ring is 2. The second-order valence-corrected chi connectivity index (χ2v) is 16.9. The fraction of sp³-hybridized carbons (Fsp3) is 0.118. The van der Waals surface area contributed by atoms with Crippen LogP contribution in [0.2, 0.25) is 0 Å². The summed E-state index contributed by atoms with van der Waals surface area (Å²) in [7, 11) is -11.7. The van der Waals surface area contributed by atoms with Crippen molar-refractivity contribution >= 4 is 93.3 Å². The largest absolute Gasteiger partial charge is 0.494 e. The number of aromatic carboxylic acids is 1. The SMILES string of the molecule is C=CS(=O)(=O)c1cc(CO)c(N=Nc2c(N)c(N=Nc3cc(C)c(S(=O)(=O)C=C)cc3OC)c(N)c(N=Nc3ccc(NOC=N)cc3S(=O)(=O)O)c2C(=O)O)cc1C. The van der Waals surface area contributed by atoms with Gasteiger partial charge in [0, 0.05) is 22.4 Å². The van der Waals surface area contributed by atoms with E-state index < -0.39 is 87.0 Å². The molecule has 59 heavy (non-hydrogen) atoms. The third-order valence-electron chi connectivity index (χ3n) is 8.03. The molecule has 310 valence electrons. The number of carbonyl (C=O) groups is 1. The lowest BCUT2D eigenvalue weighted by molar-refractivity contribution is 0.0698. The maximum Gasteiger partial charge on any atom is 0.340 e. The van der Waals surface area contributed by atoms with Crippen molar-refractivity contribution in [3.05, 3.63) is 88.7 Å². The predicted molar refractivity (Wildman–Crippen MR) is 214 cm³/mol. The van der Waals surface area contributed by atoms with Crippen molar-refractivity contribution in [1.82, 2.24) is 0 Å². The van der Waals surface area contributed by atoms with Crippen LogP contribution in [0.5, 0.6) is 5.75 Å². The van der Waals surface area contributed by atoms with Crippen molar-refractivity contribution in [2.24, 2.45) is 30.7 Å². The van der Waals surface area contributed by atoms with Crippen molar-refractivity contribution in [2.45, 2.75) is 35.1 Å². The fourth-order valence-corrected chi connectivity index (χ4v) is 7.77. The standard InChI is InChI=1S/C34H34N10O12S3/c1-6-57(48,49)25-12-19(15-45)22(10-17(25)3)39-42-32-28(34(46)47)31(41-38-21-9-8-20(44-56-16-35)13-27(21)59(52,53)54)29(36)33(30(32)37)43-40-23-11-18(4)26(14-24(23)55-5)58(50,51)7-2/h6-14,16,35,44-45H,1-2,15,36-37H2,3-5H3,(H,46,47)(H,52,53,54). The number of sulfone groups is 2. The van der Waals surface area contributed by atoms with Gasteiger partial charge in [-0.25, -0.2) is 27.1 Å². The Balaban J connectivity index is 2.07. The van der Waals surface area contributed by atoms with Crippen LogP contribution >= 0.6 is 0 Å². The van der Waals surface area contributed by atoms with Crippen LogP contribution in [0.1, 0.15) is 27.0 Å². The first-order valence-electron chi connectivity index (χ1n) is 16.1. The second-order valence-electron chi connectivity index (χ2n) is 11.8. The molecule has 4 aromatic carbocycles. The number of benzene rings is 4. The Kier molecular flexibility index (Phi) is 13.4. The van der Waals surface area contributed by atoms with Crippen LogP contribution in [0.4, 0.5) is 51.2 Å². The monoisotopic (exact) mass is 870 g/mol. The lowest BCUT2D eigenvalue weighted by Crippen LogP contribution is -2.04. The minimum atomic E-state index is -5.03. The molecular weight excluding hydrogens is 837 g/mol. The molecule has 0 aliphatic heterocycles. The molecule has 22 nitrogen and oxygen atoms in total. The number of nitrogens with one attached hydrogen (secondary N) is 2. The molecule has 0 heterocycles. The molecule has 0 aliphatic carbocycles. The molecule has 0 fully saturated rings. The quantitative estimate of drug-likeness (QED) is 0.0141. The zero-order chi connectivity index (χ0) is 44.0. The summed E-state index contributed by atoms with van der Waals surface area (Å²) in [5.41, 5.74) is 10.6. The number of anilines is 3. The molecule has 0 atom stereocenters. The van der Waals surface area contributed by atoms with Crippen LogP contribution in [0.3, 0.4) is 0 Å². The molecule has 0 aliphatic rings. The third-order valence-corrected chi connectivity index (χ3v) is 11.9. The van der Waals surface area contributed by atoms with Crippen LogP contribution in [0, 0.1) is 19.3 Å². The molecule has 0 radical (unpaired) electrons. The lowest BCUT2D eigenvalue weighted by Gasteiger charge is -2.14. The molecule has 4 rings (SSSR count). The highest BCUT2D eigenvalue weighted by molar-refractivity contribution is 7.94. The Morgan fingerprint density at radius 1 is 0.780 bits per heavy atom. The minimum Gasteiger partial charge on any atom is -0.494 e. The maximum absolute atomic E-state index is 12.9. The van der Waals surface area contributed by atoms with Gasteiger partial charge in [-0.1, -0.05) is 13.2 Å². The Labute approximate surface area is 336 Å². The van der Waals surface area contributed by atoms with Gasteiger partial charge in [-0.3, -0.25) is 9.96 Å². The zero-order valence-corrected chi connectivity index (χ0v) is 33.4. The molecule has 0 saturated heterocycles. The number of methoxy groups -OCH3 is 1. The minimum absolute atomic E-state index is 0.0582. The summed E-state index contributed by atoms with van der Waals surface area (Å²) in [6.07, 6.45) is 0.496. The van der Waals surface area contributed by atoms with Gasteiger partial charge >= 0.3 is 5.97 Å². The number of carboxylic acids is 1. The molecule has 0 saturated carbocycles. The number of ether oxygens (including phenoxy) is 1. The Morgan fingerprint density at radius 3 is 1.78 bits per heavy atom. The summed E-state index contributed by atoms with van der Waals surface area (Å²) in [5.74, 6) is -1.86.